The lowest BCUT2D eigenvalue weighted by Crippen LogP contribution is -2.48. The number of Topliss-reactive ketones (excluding diaryl/α,β-unsaturated/α-hetero) is 1. The Kier molecular flexibility index (Phi) is 6.70. The first-order chi connectivity index (χ1) is 15.9. The van der Waals surface area contributed by atoms with Crippen molar-refractivity contribution in [1.82, 2.24) is 9.88 Å². The molecule has 1 fully saturated rings. The van der Waals surface area contributed by atoms with Crippen LogP contribution in [0.15, 0.2) is 36.4 Å². The number of aromatic nitrogens is 1. The maximum absolute atomic E-state index is 13.1. The molecule has 0 spiro atoms. The molecule has 7 nitrogen and oxygen atoms in total. The van der Waals surface area contributed by atoms with E-state index in [1.807, 2.05) is 43.0 Å². The standard InChI is InChI=1S/C26H30N2O5/c1-16-11-20(5-7-22(16)18(3)29)33-15-21-14-28(9-10-32-21)26(30)13-23-17(2)27-25-8-6-19(31-4)12-24(23)25/h5-8,11-12,21,27H,9-10,13-15H2,1-4H3. The van der Waals surface area contributed by atoms with Crippen LogP contribution in [0.25, 0.3) is 10.9 Å². The molecular formula is C26H30N2O5. The monoisotopic (exact) mass is 450 g/mol. The second-order valence-electron chi connectivity index (χ2n) is 8.49. The van der Waals surface area contributed by atoms with E-state index in [0.717, 1.165) is 33.5 Å². The number of amides is 1. The smallest absolute Gasteiger partial charge is 0.227 e. The maximum atomic E-state index is 13.1. The summed E-state index contributed by atoms with van der Waals surface area (Å²) in [5.41, 5.74) is 4.55. The van der Waals surface area contributed by atoms with Crippen molar-refractivity contribution in [2.45, 2.75) is 33.3 Å². The summed E-state index contributed by atoms with van der Waals surface area (Å²) in [6, 6.07) is 11.3. The molecule has 0 aliphatic carbocycles. The average Bonchev–Trinajstić information content (AvgIpc) is 3.11. The molecule has 174 valence electrons. The minimum Gasteiger partial charge on any atom is -0.497 e. The molecule has 1 aromatic heterocycles. The van der Waals surface area contributed by atoms with Crippen LogP contribution in [0.1, 0.15) is 34.1 Å². The first-order valence-corrected chi connectivity index (χ1v) is 11.1. The molecule has 1 amide bonds. The predicted molar refractivity (Wildman–Crippen MR) is 126 cm³/mol. The minimum absolute atomic E-state index is 0.0349. The van der Waals surface area contributed by atoms with Crippen molar-refractivity contribution in [1.29, 1.82) is 0 Å². The van der Waals surface area contributed by atoms with Crippen LogP contribution < -0.4 is 9.47 Å². The normalized spacial score (nSPS) is 16.1. The van der Waals surface area contributed by atoms with Crippen molar-refractivity contribution in [2.75, 3.05) is 33.4 Å². The van der Waals surface area contributed by atoms with E-state index >= 15 is 0 Å². The van der Waals surface area contributed by atoms with Gasteiger partial charge >= 0.3 is 0 Å². The summed E-state index contributed by atoms with van der Waals surface area (Å²) >= 11 is 0. The van der Waals surface area contributed by atoms with Crippen LogP contribution in [0.4, 0.5) is 0 Å². The van der Waals surface area contributed by atoms with Gasteiger partial charge in [0, 0.05) is 28.7 Å². The molecule has 1 aliphatic heterocycles. The number of aromatic amines is 1. The topological polar surface area (TPSA) is 80.9 Å². The number of nitrogens with one attached hydrogen (secondary N) is 1. The van der Waals surface area contributed by atoms with E-state index in [0.29, 0.717) is 44.0 Å². The highest BCUT2D eigenvalue weighted by Crippen LogP contribution is 2.27. The Labute approximate surface area is 193 Å². The number of ketones is 1. The summed E-state index contributed by atoms with van der Waals surface area (Å²) in [5, 5.41) is 1.01. The quantitative estimate of drug-likeness (QED) is 0.553. The number of benzene rings is 2. The van der Waals surface area contributed by atoms with Crippen LogP contribution in [-0.2, 0) is 16.0 Å². The van der Waals surface area contributed by atoms with E-state index in [4.69, 9.17) is 14.2 Å². The molecule has 1 unspecified atom stereocenters. The number of fused-ring (bicyclic) bond motifs is 1. The Bertz CT molecular complexity index is 1180. The van der Waals surface area contributed by atoms with Gasteiger partial charge in [-0.05, 0) is 68.3 Å². The van der Waals surface area contributed by atoms with Gasteiger partial charge in [0.1, 0.15) is 24.2 Å². The summed E-state index contributed by atoms with van der Waals surface area (Å²) in [4.78, 5) is 30.0. The Balaban J connectivity index is 1.39. The number of rotatable bonds is 7. The second-order valence-corrected chi connectivity index (χ2v) is 8.49. The fourth-order valence-corrected chi connectivity index (χ4v) is 4.34. The number of hydrogen-bond acceptors (Lipinski definition) is 5. The lowest BCUT2D eigenvalue weighted by Gasteiger charge is -2.33. The fourth-order valence-electron chi connectivity index (χ4n) is 4.34. The highest BCUT2D eigenvalue weighted by atomic mass is 16.5. The van der Waals surface area contributed by atoms with Gasteiger partial charge in [-0.25, -0.2) is 0 Å². The van der Waals surface area contributed by atoms with Crippen LogP contribution in [0, 0.1) is 13.8 Å². The molecule has 2 aromatic carbocycles. The minimum atomic E-state index is -0.209. The summed E-state index contributed by atoms with van der Waals surface area (Å²) < 4.78 is 17.1. The molecule has 1 aliphatic rings. The summed E-state index contributed by atoms with van der Waals surface area (Å²) in [5.74, 6) is 1.56. The summed E-state index contributed by atoms with van der Waals surface area (Å²) in [7, 11) is 1.64. The average molecular weight is 451 g/mol. The van der Waals surface area contributed by atoms with Crippen molar-refractivity contribution < 1.29 is 23.8 Å². The van der Waals surface area contributed by atoms with Gasteiger partial charge in [-0.2, -0.15) is 0 Å². The maximum Gasteiger partial charge on any atom is 0.227 e. The van der Waals surface area contributed by atoms with Gasteiger partial charge in [-0.1, -0.05) is 0 Å². The van der Waals surface area contributed by atoms with Gasteiger partial charge in [0.2, 0.25) is 5.91 Å². The molecule has 1 saturated heterocycles. The molecule has 1 atom stereocenters. The number of hydrogen-bond donors (Lipinski definition) is 1. The van der Waals surface area contributed by atoms with Gasteiger partial charge in [0.15, 0.2) is 5.78 Å². The summed E-state index contributed by atoms with van der Waals surface area (Å²) in [6.07, 6.45) is 0.109. The molecule has 0 radical (unpaired) electrons. The first kappa shape index (κ1) is 22.9. The van der Waals surface area contributed by atoms with E-state index in [9.17, 15) is 9.59 Å². The number of methoxy groups -OCH3 is 1. The van der Waals surface area contributed by atoms with E-state index in [1.54, 1.807) is 26.2 Å². The lowest BCUT2D eigenvalue weighted by atomic mass is 10.1. The van der Waals surface area contributed by atoms with E-state index in [2.05, 4.69) is 4.98 Å². The zero-order valence-corrected chi connectivity index (χ0v) is 19.6. The molecule has 1 N–H and O–H groups in total. The molecule has 0 bridgehead atoms. The van der Waals surface area contributed by atoms with Crippen LogP contribution in [-0.4, -0.2) is 61.1 Å². The van der Waals surface area contributed by atoms with Crippen molar-refractivity contribution in [3.8, 4) is 11.5 Å². The number of ether oxygens (including phenoxy) is 3. The van der Waals surface area contributed by atoms with Gasteiger partial charge in [0.25, 0.3) is 0 Å². The number of carbonyl (C=O) groups excluding carboxylic acids is 2. The van der Waals surface area contributed by atoms with Gasteiger partial charge in [-0.3, -0.25) is 9.59 Å². The number of nitrogens with zero attached hydrogens (tertiary/aromatic N) is 1. The molecule has 4 rings (SSSR count). The third-order valence-corrected chi connectivity index (χ3v) is 6.16. The van der Waals surface area contributed by atoms with Crippen LogP contribution >= 0.6 is 0 Å². The Morgan fingerprint density at radius 2 is 1.94 bits per heavy atom. The largest absolute Gasteiger partial charge is 0.497 e. The van der Waals surface area contributed by atoms with Gasteiger partial charge in [-0.15, -0.1) is 0 Å². The number of aryl methyl sites for hydroxylation is 2. The Morgan fingerprint density at radius 3 is 2.67 bits per heavy atom. The van der Waals surface area contributed by atoms with E-state index in [-0.39, 0.29) is 17.8 Å². The van der Waals surface area contributed by atoms with Crippen molar-refractivity contribution in [2.24, 2.45) is 0 Å². The molecule has 0 saturated carbocycles. The highest BCUT2D eigenvalue weighted by Gasteiger charge is 2.26. The predicted octanol–water partition coefficient (Wildman–Crippen LogP) is 3.84. The second kappa shape index (κ2) is 9.67. The fraction of sp³-hybridized carbons (Fsp3) is 0.385. The van der Waals surface area contributed by atoms with Crippen LogP contribution in [0.3, 0.4) is 0 Å². The van der Waals surface area contributed by atoms with Gasteiger partial charge < -0.3 is 24.1 Å². The van der Waals surface area contributed by atoms with Crippen LogP contribution in [0.2, 0.25) is 0 Å². The number of morpholine rings is 1. The van der Waals surface area contributed by atoms with Crippen molar-refractivity contribution >= 4 is 22.6 Å². The van der Waals surface area contributed by atoms with Gasteiger partial charge in [0.05, 0.1) is 26.7 Å². The summed E-state index contributed by atoms with van der Waals surface area (Å²) in [6.45, 7) is 7.29. The lowest BCUT2D eigenvalue weighted by molar-refractivity contribution is -0.139. The Hall–Kier alpha value is -3.32. The molecule has 2 heterocycles. The third-order valence-electron chi connectivity index (χ3n) is 6.16. The zero-order chi connectivity index (χ0) is 23.5. The highest BCUT2D eigenvalue weighted by molar-refractivity contribution is 5.95. The van der Waals surface area contributed by atoms with Crippen molar-refractivity contribution in [3.63, 3.8) is 0 Å². The molecular weight excluding hydrogens is 420 g/mol. The zero-order valence-electron chi connectivity index (χ0n) is 19.6. The number of H-pyrrole nitrogens is 1. The molecule has 3 aromatic rings. The molecule has 33 heavy (non-hydrogen) atoms. The third kappa shape index (κ3) is 5.03. The van der Waals surface area contributed by atoms with Crippen LogP contribution in [0.5, 0.6) is 11.5 Å². The van der Waals surface area contributed by atoms with E-state index in [1.165, 1.54) is 0 Å². The van der Waals surface area contributed by atoms with E-state index < -0.39 is 0 Å². The first-order valence-electron chi connectivity index (χ1n) is 11.1. The SMILES string of the molecule is COc1ccc2[nH]c(C)c(CC(=O)N3CCOC(COc4ccc(C(C)=O)c(C)c4)C3)c2c1. The Morgan fingerprint density at radius 1 is 1.15 bits per heavy atom. The number of carbonyl (C=O) groups is 2. The molecule has 7 heteroatoms. The van der Waals surface area contributed by atoms with Crippen molar-refractivity contribution in [3.05, 3.63) is 58.8 Å².